The van der Waals surface area contributed by atoms with Crippen molar-refractivity contribution in [3.05, 3.63) is 65.7 Å². The lowest BCUT2D eigenvalue weighted by Gasteiger charge is -2.26. The molecule has 0 heterocycles. The van der Waals surface area contributed by atoms with Crippen molar-refractivity contribution in [2.75, 3.05) is 33.4 Å². The molecule has 0 radical (unpaired) electrons. The number of nitrogens with zero attached hydrogens (tertiary/aromatic N) is 1. The molecule has 1 N–H and O–H groups in total. The highest BCUT2D eigenvalue weighted by atomic mass is 16.5. The van der Waals surface area contributed by atoms with Crippen molar-refractivity contribution >= 4 is 0 Å². The van der Waals surface area contributed by atoms with Gasteiger partial charge in [0.05, 0.1) is 0 Å². The fourth-order valence-electron chi connectivity index (χ4n) is 2.76. The molecule has 0 spiro atoms. The van der Waals surface area contributed by atoms with E-state index in [0.29, 0.717) is 13.2 Å². The number of aliphatic hydroxyl groups is 1. The normalized spacial score (nSPS) is 12.3. The summed E-state index contributed by atoms with van der Waals surface area (Å²) in [5, 5.41) is 10.4. The maximum absolute atomic E-state index is 10.4. The quantitative estimate of drug-likeness (QED) is 0.636. The summed E-state index contributed by atoms with van der Waals surface area (Å²) < 4.78 is 10.8. The lowest BCUT2D eigenvalue weighted by molar-refractivity contribution is 0.0617. The van der Waals surface area contributed by atoms with Crippen LogP contribution in [0.15, 0.2) is 54.6 Å². The molecule has 0 aliphatic heterocycles. The molecule has 1 atom stereocenters. The minimum atomic E-state index is -0.535. The Morgan fingerprint density at radius 3 is 2.48 bits per heavy atom. The van der Waals surface area contributed by atoms with Gasteiger partial charge in [0.25, 0.3) is 0 Å². The van der Waals surface area contributed by atoms with Crippen LogP contribution in [0.4, 0.5) is 0 Å². The Morgan fingerprint density at radius 1 is 1.04 bits per heavy atom. The molecule has 0 unspecified atom stereocenters. The van der Waals surface area contributed by atoms with Crippen LogP contribution in [0, 0.1) is 6.92 Å². The Bertz CT molecular complexity index is 603. The zero-order valence-electron chi connectivity index (χ0n) is 15.2. The zero-order valence-corrected chi connectivity index (χ0v) is 15.2. The molecule has 4 nitrogen and oxygen atoms in total. The van der Waals surface area contributed by atoms with E-state index in [-0.39, 0.29) is 0 Å². The number of benzene rings is 2. The van der Waals surface area contributed by atoms with Crippen molar-refractivity contribution in [1.82, 2.24) is 4.90 Å². The Kier molecular flexibility index (Phi) is 8.46. The summed E-state index contributed by atoms with van der Waals surface area (Å²) >= 11 is 0. The predicted molar refractivity (Wildman–Crippen MR) is 101 cm³/mol. The van der Waals surface area contributed by atoms with Crippen LogP contribution >= 0.6 is 0 Å². The second-order valence-electron chi connectivity index (χ2n) is 6.29. The molecule has 0 fully saturated rings. The van der Waals surface area contributed by atoms with Gasteiger partial charge in [0.2, 0.25) is 0 Å². The molecule has 25 heavy (non-hydrogen) atoms. The number of para-hydroxylation sites is 1. The van der Waals surface area contributed by atoms with Crippen LogP contribution in [0.25, 0.3) is 0 Å². The average Bonchev–Trinajstić information content (AvgIpc) is 2.63. The van der Waals surface area contributed by atoms with E-state index >= 15 is 0 Å². The third-order valence-electron chi connectivity index (χ3n) is 4.13. The van der Waals surface area contributed by atoms with E-state index in [9.17, 15) is 5.11 Å². The molecule has 0 bridgehead atoms. The Morgan fingerprint density at radius 2 is 1.76 bits per heavy atom. The second-order valence-corrected chi connectivity index (χ2v) is 6.29. The smallest absolute Gasteiger partial charge is 0.119 e. The van der Waals surface area contributed by atoms with Crippen molar-refractivity contribution in [1.29, 1.82) is 0 Å². The Balaban J connectivity index is 1.89. The summed E-state index contributed by atoms with van der Waals surface area (Å²) in [6.45, 7) is 5.41. The topological polar surface area (TPSA) is 41.9 Å². The minimum Gasteiger partial charge on any atom is -0.491 e. The molecule has 0 amide bonds. The van der Waals surface area contributed by atoms with E-state index in [2.05, 4.69) is 36.1 Å². The van der Waals surface area contributed by atoms with Gasteiger partial charge in [0.15, 0.2) is 0 Å². The van der Waals surface area contributed by atoms with E-state index in [1.807, 2.05) is 30.3 Å². The number of hydrogen-bond acceptors (Lipinski definition) is 4. The zero-order chi connectivity index (χ0) is 17.9. The lowest BCUT2D eigenvalue weighted by atomic mass is 10.1. The number of aryl methyl sites for hydroxylation is 1. The third kappa shape index (κ3) is 7.26. The van der Waals surface area contributed by atoms with E-state index in [0.717, 1.165) is 31.9 Å². The van der Waals surface area contributed by atoms with Crippen LogP contribution in [0.2, 0.25) is 0 Å². The second kappa shape index (κ2) is 10.9. The standard InChI is InChI=1S/C21H29NO3/c1-18-9-6-7-10-19(18)15-22(13-8-14-24-2)16-20(23)17-25-21-11-4-3-5-12-21/h3-7,9-12,20,23H,8,13-17H2,1-2H3/t20-/m1/s1. The number of methoxy groups -OCH3 is 1. The van der Waals surface area contributed by atoms with Crippen LogP contribution in [-0.4, -0.2) is 49.5 Å². The first-order chi connectivity index (χ1) is 12.2. The third-order valence-corrected chi connectivity index (χ3v) is 4.13. The van der Waals surface area contributed by atoms with Crippen molar-refractivity contribution in [3.8, 4) is 5.75 Å². The minimum absolute atomic E-state index is 0.290. The summed E-state index contributed by atoms with van der Waals surface area (Å²) in [4.78, 5) is 2.26. The summed E-state index contributed by atoms with van der Waals surface area (Å²) in [6, 6.07) is 18.0. The molecule has 0 saturated heterocycles. The number of rotatable bonds is 11. The van der Waals surface area contributed by atoms with Gasteiger partial charge in [0, 0.05) is 33.4 Å². The molecule has 0 aliphatic carbocycles. The molecule has 0 saturated carbocycles. The van der Waals surface area contributed by atoms with Crippen molar-refractivity contribution < 1.29 is 14.6 Å². The Labute approximate surface area is 151 Å². The van der Waals surface area contributed by atoms with Gasteiger partial charge in [-0.05, 0) is 36.6 Å². The van der Waals surface area contributed by atoms with E-state index in [4.69, 9.17) is 9.47 Å². The molecule has 4 heteroatoms. The van der Waals surface area contributed by atoms with E-state index < -0.39 is 6.10 Å². The highest BCUT2D eigenvalue weighted by Crippen LogP contribution is 2.12. The van der Waals surface area contributed by atoms with Crippen LogP contribution in [-0.2, 0) is 11.3 Å². The predicted octanol–water partition coefficient (Wildman–Crippen LogP) is 3.27. The molecular weight excluding hydrogens is 314 g/mol. The van der Waals surface area contributed by atoms with Crippen LogP contribution < -0.4 is 4.74 Å². The van der Waals surface area contributed by atoms with Gasteiger partial charge in [-0.2, -0.15) is 0 Å². The maximum Gasteiger partial charge on any atom is 0.119 e. The van der Waals surface area contributed by atoms with E-state index in [1.54, 1.807) is 7.11 Å². The molecule has 2 aromatic rings. The first-order valence-electron chi connectivity index (χ1n) is 8.80. The van der Waals surface area contributed by atoms with Crippen LogP contribution in [0.5, 0.6) is 5.75 Å². The lowest BCUT2D eigenvalue weighted by Crippen LogP contribution is -2.36. The first kappa shape index (κ1) is 19.4. The van der Waals surface area contributed by atoms with E-state index in [1.165, 1.54) is 11.1 Å². The van der Waals surface area contributed by atoms with Gasteiger partial charge in [0.1, 0.15) is 18.5 Å². The molecule has 0 aromatic heterocycles. The average molecular weight is 343 g/mol. The summed E-state index contributed by atoms with van der Waals surface area (Å²) in [6.07, 6.45) is 0.404. The van der Waals surface area contributed by atoms with Gasteiger partial charge >= 0.3 is 0 Å². The van der Waals surface area contributed by atoms with Crippen molar-refractivity contribution in [2.24, 2.45) is 0 Å². The fraction of sp³-hybridized carbons (Fsp3) is 0.429. The highest BCUT2D eigenvalue weighted by molar-refractivity contribution is 5.25. The summed E-state index contributed by atoms with van der Waals surface area (Å²) in [7, 11) is 1.72. The fourth-order valence-corrected chi connectivity index (χ4v) is 2.76. The largest absolute Gasteiger partial charge is 0.491 e. The monoisotopic (exact) mass is 343 g/mol. The van der Waals surface area contributed by atoms with Crippen molar-refractivity contribution in [3.63, 3.8) is 0 Å². The van der Waals surface area contributed by atoms with Gasteiger partial charge in [-0.3, -0.25) is 4.90 Å². The molecule has 2 rings (SSSR count). The molecule has 0 aliphatic rings. The molecular formula is C21H29NO3. The van der Waals surface area contributed by atoms with Gasteiger partial charge in [-0.1, -0.05) is 42.5 Å². The molecule has 2 aromatic carbocycles. The Hall–Kier alpha value is -1.88. The van der Waals surface area contributed by atoms with Crippen molar-refractivity contribution in [2.45, 2.75) is 26.0 Å². The first-order valence-corrected chi connectivity index (χ1v) is 8.80. The maximum atomic E-state index is 10.4. The van der Waals surface area contributed by atoms with Crippen LogP contribution in [0.3, 0.4) is 0 Å². The summed E-state index contributed by atoms with van der Waals surface area (Å²) in [5.41, 5.74) is 2.56. The SMILES string of the molecule is COCCCN(Cc1ccccc1C)C[C@@H](O)COc1ccccc1. The molecule has 136 valence electrons. The number of ether oxygens (including phenoxy) is 2. The number of hydrogen-bond donors (Lipinski definition) is 1. The van der Waals surface area contributed by atoms with Gasteiger partial charge in [-0.15, -0.1) is 0 Å². The van der Waals surface area contributed by atoms with Gasteiger partial charge in [-0.25, -0.2) is 0 Å². The summed E-state index contributed by atoms with van der Waals surface area (Å²) in [5.74, 6) is 0.784. The van der Waals surface area contributed by atoms with Crippen LogP contribution in [0.1, 0.15) is 17.5 Å². The van der Waals surface area contributed by atoms with Gasteiger partial charge < -0.3 is 14.6 Å². The highest BCUT2D eigenvalue weighted by Gasteiger charge is 2.14. The number of aliphatic hydroxyl groups excluding tert-OH is 1.